The van der Waals surface area contributed by atoms with Crippen molar-refractivity contribution in [3.05, 3.63) is 34.9 Å². The molecule has 3 heteroatoms. The molecule has 0 saturated heterocycles. The number of amides is 1. The summed E-state index contributed by atoms with van der Waals surface area (Å²) in [5, 5.41) is 12.6. The lowest BCUT2D eigenvalue weighted by Gasteiger charge is -2.16. The Morgan fingerprint density at radius 1 is 1.31 bits per heavy atom. The van der Waals surface area contributed by atoms with E-state index in [0.717, 1.165) is 11.1 Å². The third-order valence-electron chi connectivity index (χ3n) is 2.40. The van der Waals surface area contributed by atoms with Gasteiger partial charge in [0.25, 0.3) is 5.91 Å². The number of rotatable bonds is 3. The fraction of sp³-hybridized carbons (Fsp3) is 0.462. The topological polar surface area (TPSA) is 49.3 Å². The number of nitrogens with one attached hydrogen (secondary N) is 1. The molecule has 1 atom stereocenters. The van der Waals surface area contributed by atoms with E-state index in [1.807, 2.05) is 39.8 Å². The fourth-order valence-electron chi connectivity index (χ4n) is 1.64. The van der Waals surface area contributed by atoms with E-state index < -0.39 is 6.10 Å². The first-order valence-electron chi connectivity index (χ1n) is 5.47. The van der Waals surface area contributed by atoms with E-state index in [9.17, 15) is 9.90 Å². The third-order valence-corrected chi connectivity index (χ3v) is 2.40. The van der Waals surface area contributed by atoms with Gasteiger partial charge in [0.05, 0.1) is 0 Å². The van der Waals surface area contributed by atoms with E-state index in [4.69, 9.17) is 0 Å². The smallest absolute Gasteiger partial charge is 0.253 e. The first-order valence-corrected chi connectivity index (χ1v) is 5.47. The van der Waals surface area contributed by atoms with Crippen molar-refractivity contribution in [2.75, 3.05) is 0 Å². The van der Waals surface area contributed by atoms with E-state index in [0.29, 0.717) is 5.56 Å². The minimum atomic E-state index is -1.08. The van der Waals surface area contributed by atoms with Crippen LogP contribution in [-0.2, 0) is 4.79 Å². The molecule has 0 fully saturated rings. The third kappa shape index (κ3) is 3.07. The van der Waals surface area contributed by atoms with Gasteiger partial charge in [0, 0.05) is 6.04 Å². The Balaban J connectivity index is 2.87. The number of carbonyl (C=O) groups excluding carboxylic acids is 1. The van der Waals surface area contributed by atoms with Gasteiger partial charge < -0.3 is 10.4 Å². The summed E-state index contributed by atoms with van der Waals surface area (Å²) in [5.41, 5.74) is 2.73. The Labute approximate surface area is 96.5 Å². The van der Waals surface area contributed by atoms with Gasteiger partial charge in [-0.05, 0) is 38.8 Å². The van der Waals surface area contributed by atoms with Crippen LogP contribution < -0.4 is 5.32 Å². The van der Waals surface area contributed by atoms with Crippen molar-refractivity contribution < 1.29 is 9.90 Å². The number of carbonyl (C=O) groups is 1. The molecule has 0 saturated carbocycles. The summed E-state index contributed by atoms with van der Waals surface area (Å²) in [6.07, 6.45) is -1.08. The Hall–Kier alpha value is -1.35. The molecule has 1 amide bonds. The van der Waals surface area contributed by atoms with Crippen LogP contribution in [0.5, 0.6) is 0 Å². The number of hydrogen-bond acceptors (Lipinski definition) is 2. The van der Waals surface area contributed by atoms with Crippen LogP contribution in [0.2, 0.25) is 0 Å². The Bertz CT molecular complexity index is 386. The molecule has 1 rings (SSSR count). The first kappa shape index (κ1) is 12.7. The highest BCUT2D eigenvalue weighted by Gasteiger charge is 2.19. The maximum Gasteiger partial charge on any atom is 0.253 e. The lowest BCUT2D eigenvalue weighted by molar-refractivity contribution is -0.130. The molecule has 1 aromatic rings. The number of aliphatic hydroxyl groups is 1. The quantitative estimate of drug-likeness (QED) is 0.818. The average Bonchev–Trinajstić information content (AvgIpc) is 2.15. The molecule has 0 bridgehead atoms. The van der Waals surface area contributed by atoms with E-state index in [1.165, 1.54) is 0 Å². The van der Waals surface area contributed by atoms with E-state index in [-0.39, 0.29) is 11.9 Å². The maximum absolute atomic E-state index is 11.6. The van der Waals surface area contributed by atoms with Crippen molar-refractivity contribution in [3.8, 4) is 0 Å². The molecule has 0 heterocycles. The van der Waals surface area contributed by atoms with Crippen LogP contribution in [0, 0.1) is 13.8 Å². The zero-order valence-electron chi connectivity index (χ0n) is 10.2. The van der Waals surface area contributed by atoms with Crippen molar-refractivity contribution in [2.45, 2.75) is 39.8 Å². The molecule has 3 nitrogen and oxygen atoms in total. The monoisotopic (exact) mass is 221 g/mol. The lowest BCUT2D eigenvalue weighted by Crippen LogP contribution is -2.34. The number of hydrogen-bond donors (Lipinski definition) is 2. The van der Waals surface area contributed by atoms with Gasteiger partial charge in [-0.2, -0.15) is 0 Å². The van der Waals surface area contributed by atoms with E-state index >= 15 is 0 Å². The summed E-state index contributed by atoms with van der Waals surface area (Å²) >= 11 is 0. The van der Waals surface area contributed by atoms with Gasteiger partial charge >= 0.3 is 0 Å². The van der Waals surface area contributed by atoms with Crippen LogP contribution >= 0.6 is 0 Å². The molecule has 1 aromatic carbocycles. The predicted octanol–water partition coefficient (Wildman–Crippen LogP) is 1.86. The van der Waals surface area contributed by atoms with E-state index in [1.54, 1.807) is 6.07 Å². The van der Waals surface area contributed by atoms with Crippen LogP contribution in [0.15, 0.2) is 18.2 Å². The second-order valence-corrected chi connectivity index (χ2v) is 4.43. The maximum atomic E-state index is 11.6. The zero-order valence-corrected chi connectivity index (χ0v) is 10.2. The fourth-order valence-corrected chi connectivity index (χ4v) is 1.64. The van der Waals surface area contributed by atoms with Gasteiger partial charge in [0.15, 0.2) is 6.10 Å². The molecular weight excluding hydrogens is 202 g/mol. The molecule has 0 aromatic heterocycles. The van der Waals surface area contributed by atoms with Crippen LogP contribution in [0.25, 0.3) is 0 Å². The molecule has 1 unspecified atom stereocenters. The van der Waals surface area contributed by atoms with Crippen LogP contribution in [-0.4, -0.2) is 17.1 Å². The van der Waals surface area contributed by atoms with Crippen molar-refractivity contribution in [1.29, 1.82) is 0 Å². The summed E-state index contributed by atoms with van der Waals surface area (Å²) < 4.78 is 0. The second kappa shape index (κ2) is 5.12. The molecule has 16 heavy (non-hydrogen) atoms. The summed E-state index contributed by atoms with van der Waals surface area (Å²) in [4.78, 5) is 11.6. The lowest BCUT2D eigenvalue weighted by atomic mass is 10.0. The molecule has 0 spiro atoms. The summed E-state index contributed by atoms with van der Waals surface area (Å²) in [5.74, 6) is -0.345. The SMILES string of the molecule is Cc1ccc(C(O)C(=O)NC(C)C)c(C)c1. The van der Waals surface area contributed by atoms with Gasteiger partial charge in [0.2, 0.25) is 0 Å². The number of benzene rings is 1. The minimum absolute atomic E-state index is 0.0351. The predicted molar refractivity (Wildman–Crippen MR) is 64.2 cm³/mol. The number of aliphatic hydroxyl groups excluding tert-OH is 1. The van der Waals surface area contributed by atoms with Crippen LogP contribution in [0.4, 0.5) is 0 Å². The largest absolute Gasteiger partial charge is 0.378 e. The highest BCUT2D eigenvalue weighted by Crippen LogP contribution is 2.19. The molecule has 0 aliphatic rings. The highest BCUT2D eigenvalue weighted by atomic mass is 16.3. The standard InChI is InChI=1S/C13H19NO2/c1-8(2)14-13(16)12(15)11-6-5-9(3)7-10(11)4/h5-8,12,15H,1-4H3,(H,14,16). The summed E-state index contributed by atoms with van der Waals surface area (Å²) in [7, 11) is 0. The molecule has 0 aliphatic carbocycles. The average molecular weight is 221 g/mol. The number of aryl methyl sites for hydroxylation is 2. The van der Waals surface area contributed by atoms with Crippen molar-refractivity contribution in [2.24, 2.45) is 0 Å². The molecular formula is C13H19NO2. The second-order valence-electron chi connectivity index (χ2n) is 4.43. The van der Waals surface area contributed by atoms with Gasteiger partial charge in [-0.3, -0.25) is 4.79 Å². The van der Waals surface area contributed by atoms with Gasteiger partial charge in [-0.25, -0.2) is 0 Å². The molecule has 2 N–H and O–H groups in total. The van der Waals surface area contributed by atoms with Crippen molar-refractivity contribution >= 4 is 5.91 Å². The van der Waals surface area contributed by atoms with Crippen molar-refractivity contribution in [1.82, 2.24) is 5.32 Å². The van der Waals surface area contributed by atoms with Gasteiger partial charge in [-0.1, -0.05) is 23.8 Å². The van der Waals surface area contributed by atoms with Crippen LogP contribution in [0.1, 0.15) is 36.6 Å². The normalized spacial score (nSPS) is 12.6. The van der Waals surface area contributed by atoms with Crippen molar-refractivity contribution in [3.63, 3.8) is 0 Å². The molecule has 88 valence electrons. The Morgan fingerprint density at radius 2 is 1.94 bits per heavy atom. The molecule has 0 aliphatic heterocycles. The molecule has 0 radical (unpaired) electrons. The Morgan fingerprint density at radius 3 is 2.44 bits per heavy atom. The zero-order chi connectivity index (χ0) is 12.3. The van der Waals surface area contributed by atoms with E-state index in [2.05, 4.69) is 5.32 Å². The van der Waals surface area contributed by atoms with Gasteiger partial charge in [-0.15, -0.1) is 0 Å². The highest BCUT2D eigenvalue weighted by molar-refractivity contribution is 5.82. The minimum Gasteiger partial charge on any atom is -0.378 e. The van der Waals surface area contributed by atoms with Gasteiger partial charge in [0.1, 0.15) is 0 Å². The summed E-state index contributed by atoms with van der Waals surface area (Å²) in [6.45, 7) is 7.62. The van der Waals surface area contributed by atoms with Crippen LogP contribution in [0.3, 0.4) is 0 Å². The summed E-state index contributed by atoms with van der Waals surface area (Å²) in [6, 6.07) is 5.69. The first-order chi connectivity index (χ1) is 7.41. The Kier molecular flexibility index (Phi) is 4.07.